The molecule has 0 aliphatic rings. The molecule has 2 rings (SSSR count). The maximum absolute atomic E-state index is 4.53. The van der Waals surface area contributed by atoms with Crippen LogP contribution in [0.1, 0.15) is 36.7 Å². The highest BCUT2D eigenvalue weighted by atomic mass is 15.3. The predicted octanol–water partition coefficient (Wildman–Crippen LogP) is 3.69. The van der Waals surface area contributed by atoms with E-state index >= 15 is 0 Å². The van der Waals surface area contributed by atoms with Crippen LogP contribution in [0.3, 0.4) is 0 Å². The minimum absolute atomic E-state index is 0.416. The van der Waals surface area contributed by atoms with E-state index in [0.29, 0.717) is 6.04 Å². The Morgan fingerprint density at radius 1 is 1.22 bits per heavy atom. The van der Waals surface area contributed by atoms with E-state index in [0.717, 1.165) is 12.2 Å². The smallest absolute Gasteiger partial charge is 0.0815 e. The van der Waals surface area contributed by atoms with Crippen LogP contribution in [-0.4, -0.2) is 9.78 Å². The molecule has 0 amide bonds. The van der Waals surface area contributed by atoms with E-state index < -0.39 is 0 Å². The number of hydrogen-bond acceptors (Lipinski definition) is 2. The number of hydrogen-bond donors (Lipinski definition) is 1. The van der Waals surface area contributed by atoms with Gasteiger partial charge in [0.15, 0.2) is 0 Å². The summed E-state index contributed by atoms with van der Waals surface area (Å²) in [5, 5.41) is 7.98. The first-order chi connectivity index (χ1) is 8.58. The van der Waals surface area contributed by atoms with Gasteiger partial charge in [0, 0.05) is 17.9 Å². The van der Waals surface area contributed by atoms with Crippen molar-refractivity contribution in [2.45, 2.75) is 40.3 Å². The first kappa shape index (κ1) is 12.7. The summed E-state index contributed by atoms with van der Waals surface area (Å²) in [5.74, 6) is 0. The van der Waals surface area contributed by atoms with Gasteiger partial charge >= 0.3 is 0 Å². The van der Waals surface area contributed by atoms with Gasteiger partial charge in [-0.1, -0.05) is 12.1 Å². The van der Waals surface area contributed by atoms with Gasteiger partial charge < -0.3 is 5.32 Å². The summed E-state index contributed by atoms with van der Waals surface area (Å²) in [7, 11) is 0. The van der Waals surface area contributed by atoms with Crippen LogP contribution in [0.2, 0.25) is 0 Å². The molecule has 0 radical (unpaired) electrons. The molecule has 3 heteroatoms. The van der Waals surface area contributed by atoms with Gasteiger partial charge in [0.25, 0.3) is 0 Å². The van der Waals surface area contributed by atoms with Gasteiger partial charge in [-0.25, -0.2) is 0 Å². The van der Waals surface area contributed by atoms with E-state index in [1.165, 1.54) is 16.8 Å². The maximum Gasteiger partial charge on any atom is 0.0815 e. The third kappa shape index (κ3) is 2.73. The van der Waals surface area contributed by atoms with Crippen LogP contribution in [0.15, 0.2) is 30.5 Å². The predicted molar refractivity (Wildman–Crippen MR) is 75.9 cm³/mol. The summed E-state index contributed by atoms with van der Waals surface area (Å²) in [6, 6.07) is 8.81. The van der Waals surface area contributed by atoms with E-state index in [9.17, 15) is 0 Å². The molecule has 2 aromatic rings. The number of nitrogens with zero attached hydrogens (tertiary/aromatic N) is 2. The minimum Gasteiger partial charge on any atom is -0.379 e. The summed E-state index contributed by atoms with van der Waals surface area (Å²) in [6.45, 7) is 9.31. The molecule has 18 heavy (non-hydrogen) atoms. The fourth-order valence-electron chi connectivity index (χ4n) is 1.89. The third-order valence-electron chi connectivity index (χ3n) is 3.26. The van der Waals surface area contributed by atoms with Crippen LogP contribution in [0.4, 0.5) is 5.69 Å². The molecule has 0 aliphatic heterocycles. The summed E-state index contributed by atoms with van der Waals surface area (Å²) >= 11 is 0. The second-order valence-electron chi connectivity index (χ2n) is 4.98. The first-order valence-corrected chi connectivity index (χ1v) is 6.42. The Morgan fingerprint density at radius 3 is 2.67 bits per heavy atom. The first-order valence-electron chi connectivity index (χ1n) is 6.42. The minimum atomic E-state index is 0.416. The largest absolute Gasteiger partial charge is 0.379 e. The van der Waals surface area contributed by atoms with Crippen molar-refractivity contribution in [3.05, 3.63) is 47.3 Å². The Balaban J connectivity index is 2.04. The molecule has 0 bridgehead atoms. The highest BCUT2D eigenvalue weighted by Gasteiger charge is 2.03. The summed E-state index contributed by atoms with van der Waals surface area (Å²) in [4.78, 5) is 0. The second kappa shape index (κ2) is 5.25. The van der Waals surface area contributed by atoms with Crippen molar-refractivity contribution in [3.8, 4) is 0 Å². The number of nitrogens with one attached hydrogen (secondary N) is 1. The van der Waals surface area contributed by atoms with E-state index in [4.69, 9.17) is 0 Å². The average Bonchev–Trinajstić information content (AvgIpc) is 2.80. The van der Waals surface area contributed by atoms with Crippen molar-refractivity contribution >= 4 is 5.69 Å². The molecule has 0 aliphatic carbocycles. The highest BCUT2D eigenvalue weighted by molar-refractivity contribution is 5.53. The fourth-order valence-corrected chi connectivity index (χ4v) is 1.89. The lowest BCUT2D eigenvalue weighted by molar-refractivity contribution is 0.527. The number of aromatic nitrogens is 2. The number of anilines is 1. The van der Waals surface area contributed by atoms with Crippen molar-refractivity contribution in [1.82, 2.24) is 9.78 Å². The zero-order chi connectivity index (χ0) is 13.1. The van der Waals surface area contributed by atoms with Gasteiger partial charge in [-0.15, -0.1) is 0 Å². The Labute approximate surface area is 109 Å². The van der Waals surface area contributed by atoms with Crippen LogP contribution in [0.5, 0.6) is 0 Å². The lowest BCUT2D eigenvalue weighted by atomic mass is 10.1. The topological polar surface area (TPSA) is 29.9 Å². The normalized spacial score (nSPS) is 10.9. The molecule has 96 valence electrons. The Bertz CT molecular complexity index is 526. The van der Waals surface area contributed by atoms with Gasteiger partial charge in [-0.2, -0.15) is 5.10 Å². The van der Waals surface area contributed by atoms with Gasteiger partial charge in [0.2, 0.25) is 0 Å². The van der Waals surface area contributed by atoms with E-state index in [-0.39, 0.29) is 0 Å². The molecule has 0 saturated heterocycles. The Kier molecular flexibility index (Phi) is 3.70. The van der Waals surface area contributed by atoms with Crippen LogP contribution < -0.4 is 5.32 Å². The van der Waals surface area contributed by atoms with Crippen LogP contribution in [0, 0.1) is 13.8 Å². The molecule has 1 aromatic heterocycles. The molecule has 0 unspecified atom stereocenters. The van der Waals surface area contributed by atoms with Crippen LogP contribution >= 0.6 is 0 Å². The SMILES string of the molecule is Cc1cccc(NCc2ccn(C(C)C)n2)c1C. The lowest BCUT2D eigenvalue weighted by Crippen LogP contribution is -2.05. The van der Waals surface area contributed by atoms with Crippen molar-refractivity contribution in [1.29, 1.82) is 0 Å². The molecule has 3 nitrogen and oxygen atoms in total. The van der Waals surface area contributed by atoms with Crippen molar-refractivity contribution in [2.75, 3.05) is 5.32 Å². The Hall–Kier alpha value is -1.77. The van der Waals surface area contributed by atoms with Crippen molar-refractivity contribution < 1.29 is 0 Å². The monoisotopic (exact) mass is 243 g/mol. The highest BCUT2D eigenvalue weighted by Crippen LogP contribution is 2.18. The lowest BCUT2D eigenvalue weighted by Gasteiger charge is -2.10. The van der Waals surface area contributed by atoms with Gasteiger partial charge in [0.05, 0.1) is 12.2 Å². The van der Waals surface area contributed by atoms with Crippen molar-refractivity contribution in [3.63, 3.8) is 0 Å². The molecule has 0 saturated carbocycles. The molecular weight excluding hydrogens is 222 g/mol. The van der Waals surface area contributed by atoms with Crippen LogP contribution in [-0.2, 0) is 6.54 Å². The Morgan fingerprint density at radius 2 is 2.00 bits per heavy atom. The van der Waals surface area contributed by atoms with Crippen LogP contribution in [0.25, 0.3) is 0 Å². The summed E-state index contributed by atoms with van der Waals surface area (Å²) in [5.41, 5.74) is 4.88. The molecule has 1 heterocycles. The molecule has 0 atom stereocenters. The molecule has 1 aromatic carbocycles. The standard InChI is InChI=1S/C15H21N3/c1-11(2)18-9-8-14(17-18)10-16-15-7-5-6-12(3)13(15)4/h5-9,11,16H,10H2,1-4H3. The van der Waals surface area contributed by atoms with Gasteiger partial charge in [-0.3, -0.25) is 4.68 Å². The zero-order valence-corrected chi connectivity index (χ0v) is 11.6. The molecule has 0 fully saturated rings. The number of aryl methyl sites for hydroxylation is 1. The second-order valence-corrected chi connectivity index (χ2v) is 4.98. The maximum atomic E-state index is 4.53. The van der Waals surface area contributed by atoms with Gasteiger partial charge in [-0.05, 0) is 51.0 Å². The molecule has 1 N–H and O–H groups in total. The average molecular weight is 243 g/mol. The van der Waals surface area contributed by atoms with E-state index in [1.807, 2.05) is 10.9 Å². The fraction of sp³-hybridized carbons (Fsp3) is 0.400. The summed E-state index contributed by atoms with van der Waals surface area (Å²) < 4.78 is 1.99. The third-order valence-corrected chi connectivity index (χ3v) is 3.26. The number of rotatable bonds is 4. The zero-order valence-electron chi connectivity index (χ0n) is 11.6. The van der Waals surface area contributed by atoms with E-state index in [1.54, 1.807) is 0 Å². The molecule has 0 spiro atoms. The molecular formula is C15H21N3. The van der Waals surface area contributed by atoms with Crippen molar-refractivity contribution in [2.24, 2.45) is 0 Å². The van der Waals surface area contributed by atoms with Gasteiger partial charge in [0.1, 0.15) is 0 Å². The number of benzene rings is 1. The quantitative estimate of drug-likeness (QED) is 0.887. The van der Waals surface area contributed by atoms with E-state index in [2.05, 4.69) is 62.4 Å². The summed E-state index contributed by atoms with van der Waals surface area (Å²) in [6.07, 6.45) is 2.03.